The van der Waals surface area contributed by atoms with Crippen LogP contribution in [0.5, 0.6) is 0 Å². The first kappa shape index (κ1) is 18.5. The molecule has 0 unspecified atom stereocenters. The number of aliphatic imine (C=N–C) groups is 1. The van der Waals surface area contributed by atoms with Gasteiger partial charge in [-0.2, -0.15) is 5.26 Å². The number of hydrogen-bond donors (Lipinski definition) is 1. The van der Waals surface area contributed by atoms with Crippen molar-refractivity contribution in [2.75, 3.05) is 13.2 Å². The molecular weight excluding hydrogens is 312 g/mol. The molecular formula is C20H24N4O. The first-order valence-electron chi connectivity index (χ1n) is 8.26. The van der Waals surface area contributed by atoms with Gasteiger partial charge in [0.05, 0.1) is 38.0 Å². The van der Waals surface area contributed by atoms with E-state index in [0.717, 1.165) is 17.0 Å². The molecule has 2 rings (SSSR count). The minimum Gasteiger partial charge on any atom is -0.385 e. The second-order valence-corrected chi connectivity index (χ2v) is 5.77. The summed E-state index contributed by atoms with van der Waals surface area (Å²) in [7, 11) is 0. The fourth-order valence-corrected chi connectivity index (χ4v) is 2.56. The van der Waals surface area contributed by atoms with Crippen LogP contribution in [0.3, 0.4) is 0 Å². The Labute approximate surface area is 149 Å². The lowest BCUT2D eigenvalue weighted by Gasteiger charge is -2.09. The van der Waals surface area contributed by atoms with E-state index < -0.39 is 0 Å². The zero-order chi connectivity index (χ0) is 18.1. The van der Waals surface area contributed by atoms with Crippen molar-refractivity contribution in [3.63, 3.8) is 0 Å². The van der Waals surface area contributed by atoms with E-state index in [1.165, 1.54) is 0 Å². The Kier molecular flexibility index (Phi) is 7.00. The van der Waals surface area contributed by atoms with Crippen molar-refractivity contribution in [3.8, 4) is 6.07 Å². The van der Waals surface area contributed by atoms with Crippen molar-refractivity contribution in [1.29, 1.82) is 5.26 Å². The van der Waals surface area contributed by atoms with Crippen LogP contribution in [0.15, 0.2) is 53.5 Å². The minimum atomic E-state index is 0.221. The summed E-state index contributed by atoms with van der Waals surface area (Å²) in [5.41, 5.74) is 10.1. The third kappa shape index (κ3) is 5.63. The number of ether oxygens (including phenoxy) is 1. The Balaban J connectivity index is 1.94. The van der Waals surface area contributed by atoms with Crippen LogP contribution >= 0.6 is 0 Å². The number of nitriles is 1. The highest BCUT2D eigenvalue weighted by atomic mass is 16.5. The predicted octanol–water partition coefficient (Wildman–Crippen LogP) is 3.43. The molecule has 2 N–H and O–H groups in total. The number of rotatable bonds is 8. The fraction of sp³-hybridized carbons (Fsp3) is 0.300. The molecule has 2 aromatic rings. The van der Waals surface area contributed by atoms with E-state index in [1.54, 1.807) is 6.08 Å². The van der Waals surface area contributed by atoms with Crippen molar-refractivity contribution in [2.24, 2.45) is 10.7 Å². The molecule has 0 aliphatic rings. The molecule has 0 saturated carbocycles. The molecule has 0 radical (unpaired) electrons. The highest BCUT2D eigenvalue weighted by Crippen LogP contribution is 2.11. The Bertz CT molecular complexity index is 762. The van der Waals surface area contributed by atoms with Gasteiger partial charge in [-0.25, -0.2) is 0 Å². The summed E-state index contributed by atoms with van der Waals surface area (Å²) in [5.74, 6) is 0.569. The monoisotopic (exact) mass is 336 g/mol. The van der Waals surface area contributed by atoms with E-state index in [4.69, 9.17) is 15.7 Å². The quantitative estimate of drug-likeness (QED) is 0.592. The SMILES string of the molecule is Cc1ccc(C)n1/C(N)=C/C(CC#N)=NCCOCc1ccccc1. The van der Waals surface area contributed by atoms with Crippen LogP contribution in [0, 0.1) is 25.2 Å². The van der Waals surface area contributed by atoms with Gasteiger partial charge in [0.15, 0.2) is 0 Å². The second kappa shape index (κ2) is 9.45. The van der Waals surface area contributed by atoms with Gasteiger partial charge in [-0.05, 0) is 31.5 Å². The predicted molar refractivity (Wildman–Crippen MR) is 101 cm³/mol. The van der Waals surface area contributed by atoms with Crippen LogP contribution in [-0.4, -0.2) is 23.4 Å². The van der Waals surface area contributed by atoms with Crippen LogP contribution in [-0.2, 0) is 11.3 Å². The highest BCUT2D eigenvalue weighted by Gasteiger charge is 2.05. The Morgan fingerprint density at radius 2 is 1.88 bits per heavy atom. The van der Waals surface area contributed by atoms with E-state index in [0.29, 0.717) is 31.3 Å². The van der Waals surface area contributed by atoms with Crippen LogP contribution < -0.4 is 5.73 Å². The maximum atomic E-state index is 9.00. The van der Waals surface area contributed by atoms with Gasteiger partial charge in [-0.1, -0.05) is 30.3 Å². The average Bonchev–Trinajstić information content (AvgIpc) is 2.94. The topological polar surface area (TPSA) is 76.3 Å². The van der Waals surface area contributed by atoms with E-state index >= 15 is 0 Å². The third-order valence-electron chi connectivity index (χ3n) is 3.77. The molecule has 0 aliphatic carbocycles. The molecule has 0 fully saturated rings. The fourth-order valence-electron chi connectivity index (χ4n) is 2.56. The molecule has 25 heavy (non-hydrogen) atoms. The molecule has 0 aliphatic heterocycles. The molecule has 0 amide bonds. The summed E-state index contributed by atoms with van der Waals surface area (Å²) in [4.78, 5) is 4.45. The van der Waals surface area contributed by atoms with Crippen LogP contribution in [0.2, 0.25) is 0 Å². The lowest BCUT2D eigenvalue weighted by molar-refractivity contribution is 0.128. The zero-order valence-electron chi connectivity index (χ0n) is 14.8. The van der Waals surface area contributed by atoms with Crippen molar-refractivity contribution in [2.45, 2.75) is 26.9 Å². The smallest absolute Gasteiger partial charge is 0.109 e. The molecule has 1 aromatic carbocycles. The van der Waals surface area contributed by atoms with Gasteiger partial charge < -0.3 is 15.0 Å². The molecule has 0 saturated heterocycles. The van der Waals surface area contributed by atoms with Crippen LogP contribution in [0.1, 0.15) is 23.4 Å². The molecule has 0 bridgehead atoms. The number of hydrogen-bond acceptors (Lipinski definition) is 4. The summed E-state index contributed by atoms with van der Waals surface area (Å²) in [6.45, 7) is 5.54. The normalized spacial score (nSPS) is 12.2. The number of aromatic nitrogens is 1. The lowest BCUT2D eigenvalue weighted by Crippen LogP contribution is -2.12. The Hall–Kier alpha value is -2.84. The Morgan fingerprint density at radius 1 is 1.20 bits per heavy atom. The number of allylic oxidation sites excluding steroid dienone is 1. The zero-order valence-corrected chi connectivity index (χ0v) is 14.8. The maximum Gasteiger partial charge on any atom is 0.109 e. The van der Waals surface area contributed by atoms with Gasteiger partial charge in [0.1, 0.15) is 5.82 Å². The standard InChI is InChI=1S/C20H24N4O/c1-16-8-9-17(2)24(16)20(22)14-19(10-11-21)23-12-13-25-15-18-6-4-3-5-7-18/h3-9,14H,10,12-13,15,22H2,1-2H3/b20-14+,23-19?. The van der Waals surface area contributed by atoms with Crippen molar-refractivity contribution in [1.82, 2.24) is 4.57 Å². The lowest BCUT2D eigenvalue weighted by atomic mass is 10.2. The summed E-state index contributed by atoms with van der Waals surface area (Å²) >= 11 is 0. The Morgan fingerprint density at radius 3 is 2.52 bits per heavy atom. The van der Waals surface area contributed by atoms with Crippen molar-refractivity contribution >= 4 is 11.5 Å². The minimum absolute atomic E-state index is 0.221. The van der Waals surface area contributed by atoms with Gasteiger partial charge in [0.25, 0.3) is 0 Å². The highest BCUT2D eigenvalue weighted by molar-refractivity contribution is 5.99. The first-order valence-corrected chi connectivity index (χ1v) is 8.26. The van der Waals surface area contributed by atoms with E-state index in [9.17, 15) is 0 Å². The van der Waals surface area contributed by atoms with Gasteiger partial charge in [-0.15, -0.1) is 0 Å². The van der Waals surface area contributed by atoms with Crippen LogP contribution in [0.4, 0.5) is 0 Å². The van der Waals surface area contributed by atoms with Crippen molar-refractivity contribution < 1.29 is 4.74 Å². The molecule has 0 atom stereocenters. The van der Waals surface area contributed by atoms with E-state index in [1.807, 2.05) is 60.9 Å². The summed E-state index contributed by atoms with van der Waals surface area (Å²) in [6.07, 6.45) is 1.99. The van der Waals surface area contributed by atoms with Gasteiger partial charge in [0.2, 0.25) is 0 Å². The van der Waals surface area contributed by atoms with Crippen LogP contribution in [0.25, 0.3) is 5.82 Å². The van der Waals surface area contributed by atoms with E-state index in [-0.39, 0.29) is 6.42 Å². The molecule has 0 spiro atoms. The molecule has 5 heteroatoms. The number of aryl methyl sites for hydroxylation is 2. The summed E-state index contributed by atoms with van der Waals surface area (Å²) < 4.78 is 7.56. The molecule has 1 heterocycles. The molecule has 130 valence electrons. The number of nitrogens with two attached hydrogens (primary N) is 1. The van der Waals surface area contributed by atoms with Gasteiger partial charge >= 0.3 is 0 Å². The maximum absolute atomic E-state index is 9.00. The van der Waals surface area contributed by atoms with Crippen molar-refractivity contribution in [3.05, 3.63) is 65.5 Å². The number of nitrogens with zero attached hydrogens (tertiary/aromatic N) is 3. The largest absolute Gasteiger partial charge is 0.385 e. The average molecular weight is 336 g/mol. The molecule has 1 aromatic heterocycles. The van der Waals surface area contributed by atoms with Gasteiger partial charge in [-0.3, -0.25) is 4.99 Å². The second-order valence-electron chi connectivity index (χ2n) is 5.77. The first-order chi connectivity index (χ1) is 12.1. The molecule has 5 nitrogen and oxygen atoms in total. The summed E-state index contributed by atoms with van der Waals surface area (Å²) in [6, 6.07) is 16.1. The van der Waals surface area contributed by atoms with Gasteiger partial charge in [0, 0.05) is 17.5 Å². The number of benzene rings is 1. The summed E-state index contributed by atoms with van der Waals surface area (Å²) in [5, 5.41) is 9.00. The van der Waals surface area contributed by atoms with E-state index in [2.05, 4.69) is 11.1 Å². The third-order valence-corrected chi connectivity index (χ3v) is 3.77.